The van der Waals surface area contributed by atoms with Gasteiger partial charge in [-0.05, 0) is 30.9 Å². The molecule has 0 unspecified atom stereocenters. The van der Waals surface area contributed by atoms with Gasteiger partial charge in [-0.3, -0.25) is 0 Å². The van der Waals surface area contributed by atoms with Gasteiger partial charge < -0.3 is 24.5 Å². The Morgan fingerprint density at radius 2 is 2.18 bits per heavy atom. The van der Waals surface area contributed by atoms with Crippen molar-refractivity contribution in [3.05, 3.63) is 24.2 Å². The Balaban J connectivity index is 1.36. The highest BCUT2D eigenvalue weighted by Crippen LogP contribution is 2.39. The van der Waals surface area contributed by atoms with Crippen molar-refractivity contribution in [2.45, 2.75) is 51.0 Å². The summed E-state index contributed by atoms with van der Waals surface area (Å²) in [5.74, 6) is 1.08. The number of ether oxygens (including phenoxy) is 2. The fourth-order valence-corrected chi connectivity index (χ4v) is 3.03. The first-order chi connectivity index (χ1) is 10.7. The van der Waals surface area contributed by atoms with Gasteiger partial charge in [0.15, 0.2) is 5.79 Å². The van der Waals surface area contributed by atoms with Crippen LogP contribution in [0.2, 0.25) is 0 Å². The third-order valence-electron chi connectivity index (χ3n) is 4.44. The summed E-state index contributed by atoms with van der Waals surface area (Å²) in [5.41, 5.74) is 0. The highest BCUT2D eigenvalue weighted by molar-refractivity contribution is 5.73. The van der Waals surface area contributed by atoms with Gasteiger partial charge in [0.25, 0.3) is 0 Å². The molecule has 122 valence electrons. The average Bonchev–Trinajstić information content (AvgIpc) is 3.17. The number of carbonyl (C=O) groups excluding carboxylic acids is 1. The summed E-state index contributed by atoms with van der Waals surface area (Å²) >= 11 is 0. The summed E-state index contributed by atoms with van der Waals surface area (Å²) in [6, 6.07) is 3.39. The molecule has 1 atom stereocenters. The summed E-state index contributed by atoms with van der Waals surface area (Å²) < 4.78 is 17.1. The summed E-state index contributed by atoms with van der Waals surface area (Å²) in [6.45, 7) is 3.65. The molecule has 0 radical (unpaired) electrons. The summed E-state index contributed by atoms with van der Waals surface area (Å²) in [6.07, 6.45) is 5.71. The topological polar surface area (TPSA) is 72.7 Å². The molecule has 3 rings (SSSR count). The van der Waals surface area contributed by atoms with Gasteiger partial charge >= 0.3 is 6.03 Å². The molecule has 1 aliphatic carbocycles. The zero-order valence-corrected chi connectivity index (χ0v) is 13.0. The first-order valence-electron chi connectivity index (χ1n) is 8.01. The van der Waals surface area contributed by atoms with E-state index in [-0.39, 0.29) is 12.1 Å². The summed E-state index contributed by atoms with van der Waals surface area (Å²) in [5, 5.41) is 5.57. The Morgan fingerprint density at radius 1 is 1.36 bits per heavy atom. The van der Waals surface area contributed by atoms with E-state index >= 15 is 0 Å². The van der Waals surface area contributed by atoms with Gasteiger partial charge in [0.1, 0.15) is 11.9 Å². The maximum atomic E-state index is 11.7. The zero-order valence-electron chi connectivity index (χ0n) is 13.0. The molecule has 22 heavy (non-hydrogen) atoms. The molecule has 1 aliphatic heterocycles. The first kappa shape index (κ1) is 15.4. The lowest BCUT2D eigenvalue weighted by atomic mass is 9.86. The molecule has 1 saturated heterocycles. The van der Waals surface area contributed by atoms with Crippen LogP contribution < -0.4 is 10.6 Å². The van der Waals surface area contributed by atoms with Crippen LogP contribution in [0.15, 0.2) is 22.8 Å². The van der Waals surface area contributed by atoms with Gasteiger partial charge in [-0.2, -0.15) is 0 Å². The van der Waals surface area contributed by atoms with Crippen molar-refractivity contribution in [3.8, 4) is 0 Å². The monoisotopic (exact) mass is 308 g/mol. The second kappa shape index (κ2) is 6.71. The van der Waals surface area contributed by atoms with E-state index < -0.39 is 5.79 Å². The Labute approximate surface area is 130 Å². The van der Waals surface area contributed by atoms with Crippen LogP contribution in [0.3, 0.4) is 0 Å². The van der Waals surface area contributed by atoms with E-state index in [1.807, 2.05) is 6.07 Å². The minimum absolute atomic E-state index is 0.0669. The summed E-state index contributed by atoms with van der Waals surface area (Å²) in [4.78, 5) is 11.7. The highest BCUT2D eigenvalue weighted by atomic mass is 16.7. The van der Waals surface area contributed by atoms with E-state index in [4.69, 9.17) is 13.9 Å². The van der Waals surface area contributed by atoms with E-state index in [0.717, 1.165) is 37.4 Å². The van der Waals surface area contributed by atoms with Gasteiger partial charge in [0.05, 0.1) is 19.4 Å². The molecule has 0 aromatic carbocycles. The molecule has 1 aromatic rings. The third-order valence-corrected chi connectivity index (χ3v) is 4.44. The SMILES string of the molecule is CC1CCC2(CC1)OC[C@@H](CNC(=O)NCc1ccco1)O2. The molecular formula is C16H24N2O4. The molecule has 1 aromatic heterocycles. The molecule has 2 aliphatic rings. The number of urea groups is 1. The maximum absolute atomic E-state index is 11.7. The molecule has 6 heteroatoms. The third kappa shape index (κ3) is 3.81. The van der Waals surface area contributed by atoms with Crippen LogP contribution in [-0.4, -0.2) is 31.1 Å². The number of nitrogens with one attached hydrogen (secondary N) is 2. The molecule has 2 fully saturated rings. The largest absolute Gasteiger partial charge is 0.467 e. The van der Waals surface area contributed by atoms with Crippen LogP contribution in [0, 0.1) is 5.92 Å². The van der Waals surface area contributed by atoms with Crippen molar-refractivity contribution in [1.29, 1.82) is 0 Å². The van der Waals surface area contributed by atoms with Crippen molar-refractivity contribution in [2.75, 3.05) is 13.2 Å². The van der Waals surface area contributed by atoms with Crippen LogP contribution >= 0.6 is 0 Å². The fraction of sp³-hybridized carbons (Fsp3) is 0.688. The molecule has 6 nitrogen and oxygen atoms in total. The van der Waals surface area contributed by atoms with Gasteiger partial charge in [-0.1, -0.05) is 6.92 Å². The molecule has 2 N–H and O–H groups in total. The van der Waals surface area contributed by atoms with E-state index in [1.165, 1.54) is 0 Å². The number of carbonyl (C=O) groups is 1. The lowest BCUT2D eigenvalue weighted by Crippen LogP contribution is -2.41. The lowest BCUT2D eigenvalue weighted by Gasteiger charge is -2.34. The first-order valence-corrected chi connectivity index (χ1v) is 8.01. The highest BCUT2D eigenvalue weighted by Gasteiger charge is 2.43. The van der Waals surface area contributed by atoms with Crippen molar-refractivity contribution >= 4 is 6.03 Å². The smallest absolute Gasteiger partial charge is 0.315 e. The van der Waals surface area contributed by atoms with Gasteiger partial charge in [0.2, 0.25) is 0 Å². The second-order valence-electron chi connectivity index (χ2n) is 6.29. The van der Waals surface area contributed by atoms with Crippen molar-refractivity contribution < 1.29 is 18.7 Å². The Hall–Kier alpha value is -1.53. The number of hydrogen-bond acceptors (Lipinski definition) is 4. The fourth-order valence-electron chi connectivity index (χ4n) is 3.03. The van der Waals surface area contributed by atoms with Crippen molar-refractivity contribution in [3.63, 3.8) is 0 Å². The molecule has 2 amide bonds. The Kier molecular flexibility index (Phi) is 4.69. The quantitative estimate of drug-likeness (QED) is 0.896. The van der Waals surface area contributed by atoms with E-state index in [0.29, 0.717) is 19.7 Å². The molecular weight excluding hydrogens is 284 g/mol. The number of rotatable bonds is 4. The lowest BCUT2D eigenvalue weighted by molar-refractivity contribution is -0.191. The average molecular weight is 308 g/mol. The number of furan rings is 1. The standard InChI is InChI=1S/C16H24N2O4/c1-12-4-6-16(7-5-12)21-11-14(22-16)10-18-15(19)17-9-13-3-2-8-20-13/h2-3,8,12,14H,4-7,9-11H2,1H3,(H2,17,18,19)/t12?,14-,16?/m1/s1. The van der Waals surface area contributed by atoms with E-state index in [9.17, 15) is 4.79 Å². The van der Waals surface area contributed by atoms with Crippen LogP contribution in [0.5, 0.6) is 0 Å². The van der Waals surface area contributed by atoms with Crippen LogP contribution in [0.4, 0.5) is 4.79 Å². The van der Waals surface area contributed by atoms with Crippen LogP contribution in [0.1, 0.15) is 38.4 Å². The number of hydrogen-bond donors (Lipinski definition) is 2. The molecule has 0 bridgehead atoms. The van der Waals surface area contributed by atoms with Crippen LogP contribution in [-0.2, 0) is 16.0 Å². The normalized spacial score (nSPS) is 31.3. The summed E-state index contributed by atoms with van der Waals surface area (Å²) in [7, 11) is 0. The Bertz CT molecular complexity index is 480. The minimum Gasteiger partial charge on any atom is -0.467 e. The maximum Gasteiger partial charge on any atom is 0.315 e. The van der Waals surface area contributed by atoms with E-state index in [1.54, 1.807) is 12.3 Å². The van der Waals surface area contributed by atoms with Crippen LogP contribution in [0.25, 0.3) is 0 Å². The van der Waals surface area contributed by atoms with Crippen molar-refractivity contribution in [2.24, 2.45) is 5.92 Å². The van der Waals surface area contributed by atoms with Gasteiger partial charge in [0, 0.05) is 19.4 Å². The minimum atomic E-state index is -0.399. The predicted octanol–water partition coefficient (Wildman–Crippen LogP) is 2.40. The van der Waals surface area contributed by atoms with E-state index in [2.05, 4.69) is 17.6 Å². The van der Waals surface area contributed by atoms with Gasteiger partial charge in [-0.15, -0.1) is 0 Å². The molecule has 1 saturated carbocycles. The zero-order chi connectivity index (χ0) is 15.4. The predicted molar refractivity (Wildman–Crippen MR) is 80.1 cm³/mol. The second-order valence-corrected chi connectivity index (χ2v) is 6.29. The molecule has 1 spiro atoms. The number of amides is 2. The molecule has 2 heterocycles. The van der Waals surface area contributed by atoms with Crippen molar-refractivity contribution in [1.82, 2.24) is 10.6 Å². The Morgan fingerprint density at radius 3 is 2.91 bits per heavy atom. The van der Waals surface area contributed by atoms with Gasteiger partial charge in [-0.25, -0.2) is 4.79 Å².